The van der Waals surface area contributed by atoms with E-state index in [0.29, 0.717) is 22.8 Å². The Hall–Kier alpha value is -3.20. The fourth-order valence-electron chi connectivity index (χ4n) is 2.42. The first-order valence-electron chi connectivity index (χ1n) is 8.06. The van der Waals surface area contributed by atoms with Crippen molar-refractivity contribution in [2.24, 2.45) is 0 Å². The van der Waals surface area contributed by atoms with Crippen LogP contribution in [0, 0.1) is 20.8 Å². The maximum atomic E-state index is 12.5. The largest absolute Gasteiger partial charge is 0.456 e. The van der Waals surface area contributed by atoms with Gasteiger partial charge in [0, 0.05) is 17.1 Å². The molecule has 0 aliphatic heterocycles. The minimum atomic E-state index is -3.85. The highest BCUT2D eigenvalue weighted by atomic mass is 32.2. The molecule has 8 nitrogen and oxygen atoms in total. The second-order valence-corrected chi connectivity index (χ2v) is 7.65. The van der Waals surface area contributed by atoms with E-state index in [2.05, 4.69) is 20.0 Å². The van der Waals surface area contributed by atoms with Gasteiger partial charge < -0.3 is 9.73 Å². The Morgan fingerprint density at radius 2 is 1.59 bits per heavy atom. The lowest BCUT2D eigenvalue weighted by Crippen LogP contribution is -2.16. The number of anilines is 2. The molecule has 0 saturated carbocycles. The van der Waals surface area contributed by atoms with Gasteiger partial charge in [-0.3, -0.25) is 4.79 Å². The van der Waals surface area contributed by atoms with Gasteiger partial charge in [-0.2, -0.15) is 0 Å². The minimum Gasteiger partial charge on any atom is -0.456 e. The van der Waals surface area contributed by atoms with Crippen LogP contribution in [0.2, 0.25) is 0 Å². The average Bonchev–Trinajstić information content (AvgIpc) is 3.00. The summed E-state index contributed by atoms with van der Waals surface area (Å²) in [6, 6.07) is 10.7. The van der Waals surface area contributed by atoms with E-state index in [1.165, 1.54) is 24.3 Å². The number of nitrogens with zero attached hydrogens (tertiary/aromatic N) is 2. The standard InChI is InChI=1S/C18H18N4O4S/c1-11-10-12(2)20-18(19-11)22-27(24,25)15-7-5-14(6-8-15)21-17(23)16-9-4-13(3)26-16/h4-10H,1-3H3,(H,21,23)(H,19,20,22). The average molecular weight is 386 g/mol. The number of hydrogen-bond acceptors (Lipinski definition) is 6. The van der Waals surface area contributed by atoms with Gasteiger partial charge in [-0.1, -0.05) is 0 Å². The van der Waals surface area contributed by atoms with Gasteiger partial charge in [-0.05, 0) is 63.2 Å². The first-order valence-corrected chi connectivity index (χ1v) is 9.54. The third-order valence-electron chi connectivity index (χ3n) is 3.59. The highest BCUT2D eigenvalue weighted by Gasteiger charge is 2.17. The molecule has 0 saturated heterocycles. The van der Waals surface area contributed by atoms with Crippen molar-refractivity contribution >= 4 is 27.6 Å². The maximum absolute atomic E-state index is 12.5. The molecule has 3 rings (SSSR count). The molecule has 3 aromatic rings. The van der Waals surface area contributed by atoms with Gasteiger partial charge in [0.15, 0.2) is 5.76 Å². The Bertz CT molecular complexity index is 1070. The van der Waals surface area contributed by atoms with Crippen molar-refractivity contribution in [1.29, 1.82) is 0 Å². The molecule has 0 aliphatic carbocycles. The van der Waals surface area contributed by atoms with Crippen LogP contribution in [-0.2, 0) is 10.0 Å². The third-order valence-corrected chi connectivity index (χ3v) is 4.94. The van der Waals surface area contributed by atoms with E-state index in [1.807, 2.05) is 0 Å². The van der Waals surface area contributed by atoms with E-state index in [4.69, 9.17) is 4.42 Å². The summed E-state index contributed by atoms with van der Waals surface area (Å²) in [5.74, 6) is 0.401. The molecule has 0 bridgehead atoms. The van der Waals surface area contributed by atoms with E-state index in [9.17, 15) is 13.2 Å². The van der Waals surface area contributed by atoms with Crippen LogP contribution in [0.25, 0.3) is 0 Å². The molecule has 9 heteroatoms. The van der Waals surface area contributed by atoms with Crippen LogP contribution in [-0.4, -0.2) is 24.3 Å². The molecule has 2 heterocycles. The van der Waals surface area contributed by atoms with Gasteiger partial charge in [-0.25, -0.2) is 23.1 Å². The zero-order valence-electron chi connectivity index (χ0n) is 15.0. The number of benzene rings is 1. The number of nitrogens with one attached hydrogen (secondary N) is 2. The molecule has 140 valence electrons. The Kier molecular flexibility index (Phi) is 4.95. The molecule has 0 unspecified atom stereocenters. The molecule has 0 radical (unpaired) electrons. The number of furan rings is 1. The quantitative estimate of drug-likeness (QED) is 0.696. The van der Waals surface area contributed by atoms with Gasteiger partial charge in [0.05, 0.1) is 4.90 Å². The molecule has 27 heavy (non-hydrogen) atoms. The number of hydrogen-bond donors (Lipinski definition) is 2. The molecule has 0 spiro atoms. The SMILES string of the molecule is Cc1cc(C)nc(NS(=O)(=O)c2ccc(NC(=O)c3ccc(C)o3)cc2)n1. The fourth-order valence-corrected chi connectivity index (χ4v) is 3.36. The molecular weight excluding hydrogens is 368 g/mol. The van der Waals surface area contributed by atoms with Crippen LogP contribution < -0.4 is 10.0 Å². The molecule has 1 aromatic carbocycles. The van der Waals surface area contributed by atoms with Crippen molar-refractivity contribution in [3.05, 3.63) is 65.4 Å². The minimum absolute atomic E-state index is 0.0121. The summed E-state index contributed by atoms with van der Waals surface area (Å²) in [7, 11) is -3.85. The summed E-state index contributed by atoms with van der Waals surface area (Å²) in [5, 5.41) is 2.64. The van der Waals surface area contributed by atoms with E-state index in [0.717, 1.165) is 0 Å². The molecule has 0 aliphatic rings. The molecule has 2 aromatic heterocycles. The number of carbonyl (C=O) groups excluding carboxylic acids is 1. The van der Waals surface area contributed by atoms with E-state index >= 15 is 0 Å². The zero-order valence-corrected chi connectivity index (χ0v) is 15.8. The second-order valence-electron chi connectivity index (χ2n) is 5.97. The van der Waals surface area contributed by atoms with Crippen LogP contribution in [0.1, 0.15) is 27.7 Å². The number of rotatable bonds is 5. The third kappa shape index (κ3) is 4.50. The summed E-state index contributed by atoms with van der Waals surface area (Å²) >= 11 is 0. The lowest BCUT2D eigenvalue weighted by molar-refractivity contribution is 0.0995. The highest BCUT2D eigenvalue weighted by molar-refractivity contribution is 7.92. The van der Waals surface area contributed by atoms with Crippen molar-refractivity contribution in [3.63, 3.8) is 0 Å². The summed E-state index contributed by atoms with van der Waals surface area (Å²) in [4.78, 5) is 20.2. The van der Waals surface area contributed by atoms with Crippen molar-refractivity contribution in [1.82, 2.24) is 9.97 Å². The maximum Gasteiger partial charge on any atom is 0.291 e. The first-order chi connectivity index (χ1) is 12.7. The van der Waals surface area contributed by atoms with Gasteiger partial charge >= 0.3 is 0 Å². The Morgan fingerprint density at radius 3 is 2.15 bits per heavy atom. The highest BCUT2D eigenvalue weighted by Crippen LogP contribution is 2.18. The number of carbonyl (C=O) groups is 1. The monoisotopic (exact) mass is 386 g/mol. The summed E-state index contributed by atoms with van der Waals surface area (Å²) in [5.41, 5.74) is 1.76. The van der Waals surface area contributed by atoms with Crippen LogP contribution >= 0.6 is 0 Å². The van der Waals surface area contributed by atoms with Crippen molar-refractivity contribution in [2.75, 3.05) is 10.0 Å². The number of aryl methyl sites for hydroxylation is 3. The van der Waals surface area contributed by atoms with Gasteiger partial charge in [-0.15, -0.1) is 0 Å². The van der Waals surface area contributed by atoms with Crippen molar-refractivity contribution < 1.29 is 17.6 Å². The Morgan fingerprint density at radius 1 is 0.963 bits per heavy atom. The van der Waals surface area contributed by atoms with Gasteiger partial charge in [0.2, 0.25) is 5.95 Å². The normalized spacial score (nSPS) is 11.2. The lowest BCUT2D eigenvalue weighted by atomic mass is 10.3. The summed E-state index contributed by atoms with van der Waals surface area (Å²) in [6.07, 6.45) is 0. The molecule has 0 fully saturated rings. The fraction of sp³-hybridized carbons (Fsp3) is 0.167. The molecule has 1 amide bonds. The predicted molar refractivity (Wildman–Crippen MR) is 100 cm³/mol. The zero-order chi connectivity index (χ0) is 19.6. The number of amides is 1. The van der Waals surface area contributed by atoms with Crippen LogP contribution in [0.3, 0.4) is 0 Å². The Balaban J connectivity index is 1.74. The van der Waals surface area contributed by atoms with Gasteiger partial charge in [0.25, 0.3) is 15.9 Å². The predicted octanol–water partition coefficient (Wildman–Crippen LogP) is 3.05. The second kappa shape index (κ2) is 7.20. The summed E-state index contributed by atoms with van der Waals surface area (Å²) < 4.78 is 32.6. The smallest absolute Gasteiger partial charge is 0.291 e. The van der Waals surface area contributed by atoms with Crippen molar-refractivity contribution in [2.45, 2.75) is 25.7 Å². The van der Waals surface area contributed by atoms with Crippen LogP contribution in [0.15, 0.2) is 51.8 Å². The van der Waals surface area contributed by atoms with E-state index in [1.54, 1.807) is 39.0 Å². The molecular formula is C18H18N4O4S. The summed E-state index contributed by atoms with van der Waals surface area (Å²) in [6.45, 7) is 5.25. The van der Waals surface area contributed by atoms with E-state index in [-0.39, 0.29) is 16.6 Å². The van der Waals surface area contributed by atoms with Crippen LogP contribution in [0.5, 0.6) is 0 Å². The van der Waals surface area contributed by atoms with Gasteiger partial charge in [0.1, 0.15) is 5.76 Å². The number of aromatic nitrogens is 2. The lowest BCUT2D eigenvalue weighted by Gasteiger charge is -2.09. The first kappa shape index (κ1) is 18.6. The van der Waals surface area contributed by atoms with Crippen molar-refractivity contribution in [3.8, 4) is 0 Å². The molecule has 0 atom stereocenters. The Labute approximate surface area is 156 Å². The van der Waals surface area contributed by atoms with E-state index < -0.39 is 15.9 Å². The topological polar surface area (TPSA) is 114 Å². The van der Waals surface area contributed by atoms with Crippen LogP contribution in [0.4, 0.5) is 11.6 Å². The number of sulfonamides is 1. The molecule has 2 N–H and O–H groups in total.